The molecule has 1 aliphatic carbocycles. The molecule has 1 saturated carbocycles. The molecule has 1 amide bonds. The summed E-state index contributed by atoms with van der Waals surface area (Å²) < 4.78 is 0. The topological polar surface area (TPSA) is 60.8 Å². The van der Waals surface area contributed by atoms with E-state index >= 15 is 0 Å². The zero-order chi connectivity index (χ0) is 15.2. The molecule has 4 nitrogen and oxygen atoms in total. The van der Waals surface area contributed by atoms with Crippen LogP contribution in [0.25, 0.3) is 0 Å². The molecule has 0 spiro atoms. The zero-order valence-corrected chi connectivity index (χ0v) is 12.8. The van der Waals surface area contributed by atoms with Crippen molar-refractivity contribution in [3.05, 3.63) is 34.9 Å². The van der Waals surface area contributed by atoms with Crippen molar-refractivity contribution in [1.29, 1.82) is 0 Å². The van der Waals surface area contributed by atoms with Crippen molar-refractivity contribution in [2.24, 2.45) is 0 Å². The number of aliphatic hydroxyl groups excluding tert-OH is 1. The van der Waals surface area contributed by atoms with E-state index in [-0.39, 0.29) is 18.7 Å². The molecule has 2 N–H and O–H groups in total. The standard InChI is InChI=1S/C16H22ClNO3/c17-14-9-5-4-8-13(14)15(10-11-19)18(16(20)21)12-6-2-1-3-7-12/h4-5,8-9,12,15,19H,1-3,6-7,10-11H2,(H,20,21)/t15-/m1/s1. The third-order valence-electron chi connectivity index (χ3n) is 4.19. The molecule has 0 unspecified atom stereocenters. The van der Waals surface area contributed by atoms with Crippen LogP contribution in [0.5, 0.6) is 0 Å². The van der Waals surface area contributed by atoms with Gasteiger partial charge in [-0.3, -0.25) is 4.90 Å². The van der Waals surface area contributed by atoms with Crippen molar-refractivity contribution >= 4 is 17.7 Å². The van der Waals surface area contributed by atoms with Gasteiger partial charge in [-0.2, -0.15) is 0 Å². The number of halogens is 1. The molecule has 0 radical (unpaired) electrons. The first-order valence-corrected chi connectivity index (χ1v) is 7.89. The van der Waals surface area contributed by atoms with E-state index in [2.05, 4.69) is 0 Å². The summed E-state index contributed by atoms with van der Waals surface area (Å²) in [5.74, 6) is 0. The average molecular weight is 312 g/mol. The first kappa shape index (κ1) is 16.1. The molecule has 21 heavy (non-hydrogen) atoms. The fraction of sp³-hybridized carbons (Fsp3) is 0.562. The molecule has 0 heterocycles. The van der Waals surface area contributed by atoms with Gasteiger partial charge >= 0.3 is 6.09 Å². The van der Waals surface area contributed by atoms with Gasteiger partial charge in [-0.05, 0) is 30.9 Å². The molecule has 0 aliphatic heterocycles. The van der Waals surface area contributed by atoms with Gasteiger partial charge in [0.25, 0.3) is 0 Å². The predicted molar refractivity (Wildman–Crippen MR) is 82.6 cm³/mol. The summed E-state index contributed by atoms with van der Waals surface area (Å²) in [4.78, 5) is 13.3. The van der Waals surface area contributed by atoms with E-state index in [4.69, 9.17) is 11.6 Å². The molecule has 0 saturated heterocycles. The largest absolute Gasteiger partial charge is 0.465 e. The molecule has 0 aromatic heterocycles. The third kappa shape index (κ3) is 3.89. The van der Waals surface area contributed by atoms with Gasteiger partial charge in [0.05, 0.1) is 6.04 Å². The number of rotatable bonds is 5. The minimum Gasteiger partial charge on any atom is -0.465 e. The van der Waals surface area contributed by atoms with Crippen molar-refractivity contribution in [2.45, 2.75) is 50.6 Å². The highest BCUT2D eigenvalue weighted by atomic mass is 35.5. The van der Waals surface area contributed by atoms with Gasteiger partial charge in [-0.15, -0.1) is 0 Å². The summed E-state index contributed by atoms with van der Waals surface area (Å²) in [6, 6.07) is 6.93. The molecule has 1 aliphatic rings. The maximum absolute atomic E-state index is 11.8. The molecule has 1 aromatic carbocycles. The number of benzene rings is 1. The Morgan fingerprint density at radius 1 is 1.29 bits per heavy atom. The highest BCUT2D eigenvalue weighted by molar-refractivity contribution is 6.31. The number of hydrogen-bond acceptors (Lipinski definition) is 2. The molecule has 0 bridgehead atoms. The van der Waals surface area contributed by atoms with Gasteiger partial charge in [-0.1, -0.05) is 49.1 Å². The van der Waals surface area contributed by atoms with Crippen LogP contribution in [0.4, 0.5) is 4.79 Å². The van der Waals surface area contributed by atoms with Crippen LogP contribution in [0.15, 0.2) is 24.3 Å². The molecule has 2 rings (SSSR count). The van der Waals surface area contributed by atoms with Crippen LogP contribution in [-0.4, -0.2) is 33.9 Å². The second kappa shape index (κ2) is 7.66. The van der Waals surface area contributed by atoms with E-state index in [9.17, 15) is 15.0 Å². The van der Waals surface area contributed by atoms with E-state index in [1.807, 2.05) is 18.2 Å². The van der Waals surface area contributed by atoms with Crippen molar-refractivity contribution in [3.8, 4) is 0 Å². The highest BCUT2D eigenvalue weighted by Gasteiger charge is 2.33. The second-order valence-electron chi connectivity index (χ2n) is 5.53. The minimum atomic E-state index is -0.930. The van der Waals surface area contributed by atoms with E-state index in [1.54, 1.807) is 6.07 Å². The molecule has 116 valence electrons. The number of carboxylic acid groups (broad SMARTS) is 1. The third-order valence-corrected chi connectivity index (χ3v) is 4.54. The summed E-state index contributed by atoms with van der Waals surface area (Å²) in [6.07, 6.45) is 4.50. The van der Waals surface area contributed by atoms with Crippen LogP contribution in [0.2, 0.25) is 5.02 Å². The van der Waals surface area contributed by atoms with Crippen LogP contribution in [-0.2, 0) is 0 Å². The lowest BCUT2D eigenvalue weighted by molar-refractivity contribution is 0.0735. The Morgan fingerprint density at radius 2 is 1.95 bits per heavy atom. The Balaban J connectivity index is 2.32. The van der Waals surface area contributed by atoms with Gasteiger partial charge in [0.2, 0.25) is 0 Å². The predicted octanol–water partition coefficient (Wildman–Crippen LogP) is 4.08. The maximum Gasteiger partial charge on any atom is 0.408 e. The van der Waals surface area contributed by atoms with Gasteiger partial charge in [-0.25, -0.2) is 4.79 Å². The van der Waals surface area contributed by atoms with Crippen LogP contribution in [0, 0.1) is 0 Å². The normalized spacial score (nSPS) is 17.4. The van der Waals surface area contributed by atoms with Crippen LogP contribution in [0.3, 0.4) is 0 Å². The fourth-order valence-corrected chi connectivity index (χ4v) is 3.48. The lowest BCUT2D eigenvalue weighted by Crippen LogP contribution is -2.43. The fourth-order valence-electron chi connectivity index (χ4n) is 3.22. The Kier molecular flexibility index (Phi) is 5.88. The summed E-state index contributed by atoms with van der Waals surface area (Å²) in [5.41, 5.74) is 0.779. The van der Waals surface area contributed by atoms with Gasteiger partial charge < -0.3 is 10.2 Å². The monoisotopic (exact) mass is 311 g/mol. The summed E-state index contributed by atoms with van der Waals surface area (Å²) >= 11 is 6.24. The van der Waals surface area contributed by atoms with E-state index in [0.29, 0.717) is 11.4 Å². The molecule has 1 aromatic rings. The van der Waals surface area contributed by atoms with E-state index < -0.39 is 6.09 Å². The first-order valence-electron chi connectivity index (χ1n) is 7.51. The Labute approximate surface area is 130 Å². The van der Waals surface area contributed by atoms with Crippen molar-refractivity contribution in [2.75, 3.05) is 6.61 Å². The SMILES string of the molecule is O=C(O)N(C1CCCCC1)[C@H](CCO)c1ccccc1Cl. The van der Waals surface area contributed by atoms with Crippen LogP contribution in [0.1, 0.15) is 50.1 Å². The number of hydrogen-bond donors (Lipinski definition) is 2. The average Bonchev–Trinajstić information content (AvgIpc) is 2.48. The first-order chi connectivity index (χ1) is 10.1. The number of carbonyl (C=O) groups is 1. The van der Waals surface area contributed by atoms with Gasteiger partial charge in [0.1, 0.15) is 0 Å². The van der Waals surface area contributed by atoms with Crippen molar-refractivity contribution in [1.82, 2.24) is 4.90 Å². The lowest BCUT2D eigenvalue weighted by Gasteiger charge is -2.38. The molecular weight excluding hydrogens is 290 g/mol. The summed E-state index contributed by atoms with van der Waals surface area (Å²) in [6.45, 7) is -0.0631. The Bertz CT molecular complexity index is 474. The molecule has 1 fully saturated rings. The van der Waals surface area contributed by atoms with Crippen LogP contribution >= 0.6 is 11.6 Å². The number of aliphatic hydroxyl groups is 1. The molecular formula is C16H22ClNO3. The van der Waals surface area contributed by atoms with Gasteiger partial charge in [0.15, 0.2) is 0 Å². The maximum atomic E-state index is 11.8. The zero-order valence-electron chi connectivity index (χ0n) is 12.0. The second-order valence-corrected chi connectivity index (χ2v) is 5.94. The molecule has 5 heteroatoms. The number of nitrogens with zero attached hydrogens (tertiary/aromatic N) is 1. The quantitative estimate of drug-likeness (QED) is 0.861. The van der Waals surface area contributed by atoms with Crippen molar-refractivity contribution < 1.29 is 15.0 Å². The highest BCUT2D eigenvalue weighted by Crippen LogP contribution is 2.35. The number of amides is 1. The van der Waals surface area contributed by atoms with Gasteiger partial charge in [0, 0.05) is 17.7 Å². The minimum absolute atomic E-state index is 0.0177. The molecule has 1 atom stereocenters. The van der Waals surface area contributed by atoms with E-state index in [0.717, 1.165) is 31.2 Å². The smallest absolute Gasteiger partial charge is 0.408 e. The summed E-state index contributed by atoms with van der Waals surface area (Å²) in [5, 5.41) is 19.6. The van der Waals surface area contributed by atoms with E-state index in [1.165, 1.54) is 11.3 Å². The lowest BCUT2D eigenvalue weighted by atomic mass is 9.91. The summed E-state index contributed by atoms with van der Waals surface area (Å²) in [7, 11) is 0. The Morgan fingerprint density at radius 3 is 2.52 bits per heavy atom. The van der Waals surface area contributed by atoms with Crippen LogP contribution < -0.4 is 0 Å². The van der Waals surface area contributed by atoms with Crippen molar-refractivity contribution in [3.63, 3.8) is 0 Å². The Hall–Kier alpha value is -1.26.